The molecule has 0 aliphatic rings. The summed E-state index contributed by atoms with van der Waals surface area (Å²) in [4.78, 5) is 2.35. The Bertz CT molecular complexity index is 3090. The first kappa shape index (κ1) is 38.1. The third kappa shape index (κ3) is 6.72. The molecule has 0 bridgehead atoms. The molecular formula is C56H49N3O2. The fourth-order valence-corrected chi connectivity index (χ4v) is 9.51. The molecule has 300 valence electrons. The van der Waals surface area contributed by atoms with Gasteiger partial charge in [0.05, 0.1) is 35.8 Å². The van der Waals surface area contributed by atoms with Gasteiger partial charge in [-0.1, -0.05) is 117 Å². The molecule has 0 saturated carbocycles. The van der Waals surface area contributed by atoms with Crippen molar-refractivity contribution in [3.8, 4) is 28.3 Å². The Kier molecular flexibility index (Phi) is 10.3. The number of para-hydroxylation sites is 4. The van der Waals surface area contributed by atoms with Crippen molar-refractivity contribution in [3.05, 3.63) is 193 Å². The molecule has 0 saturated heterocycles. The molecule has 0 aliphatic heterocycles. The summed E-state index contributed by atoms with van der Waals surface area (Å²) in [6, 6.07) is 65.0. The highest BCUT2D eigenvalue weighted by atomic mass is 16.5. The van der Waals surface area contributed by atoms with Gasteiger partial charge < -0.3 is 23.9 Å². The van der Waals surface area contributed by atoms with Crippen molar-refractivity contribution in [2.75, 3.05) is 12.0 Å². The second-order valence-corrected chi connectivity index (χ2v) is 15.9. The first-order valence-electron chi connectivity index (χ1n) is 21.5. The van der Waals surface area contributed by atoms with Gasteiger partial charge in [0.2, 0.25) is 0 Å². The highest BCUT2D eigenvalue weighted by Crippen LogP contribution is 2.50. The van der Waals surface area contributed by atoms with Crippen molar-refractivity contribution in [2.24, 2.45) is 0 Å². The maximum absolute atomic E-state index is 10.7. The topological polar surface area (TPSA) is 42.6 Å². The number of benzene rings is 8. The summed E-state index contributed by atoms with van der Waals surface area (Å²) in [5, 5.41) is 15.4. The fraction of sp³-hybridized carbons (Fsp3) is 0.143. The number of anilines is 3. The number of fused-ring (bicyclic) bond motifs is 7. The summed E-state index contributed by atoms with van der Waals surface area (Å²) in [7, 11) is 1.76. The minimum absolute atomic E-state index is 0.0436. The molecule has 1 N–H and O–H groups in total. The van der Waals surface area contributed by atoms with E-state index in [0.29, 0.717) is 0 Å². The number of hydrogen-bond acceptors (Lipinski definition) is 3. The van der Waals surface area contributed by atoms with Crippen LogP contribution in [0.2, 0.25) is 0 Å². The molecule has 10 rings (SSSR count). The van der Waals surface area contributed by atoms with E-state index in [1.807, 2.05) is 0 Å². The number of hydrogen-bond donors (Lipinski definition) is 1. The van der Waals surface area contributed by atoms with E-state index >= 15 is 0 Å². The van der Waals surface area contributed by atoms with Crippen molar-refractivity contribution in [2.45, 2.75) is 45.6 Å². The normalized spacial score (nSPS) is 11.6. The molecule has 61 heavy (non-hydrogen) atoms. The van der Waals surface area contributed by atoms with Gasteiger partial charge in [0.15, 0.2) is 0 Å². The Hall–Kier alpha value is -7.08. The molecule has 0 aliphatic carbocycles. The lowest BCUT2D eigenvalue weighted by atomic mass is 9.87. The van der Waals surface area contributed by atoms with Crippen LogP contribution in [0.1, 0.15) is 43.7 Å². The van der Waals surface area contributed by atoms with Crippen molar-refractivity contribution < 1.29 is 9.84 Å². The van der Waals surface area contributed by atoms with Gasteiger partial charge in [-0.15, -0.1) is 0 Å². The smallest absolute Gasteiger partial charge is 0.119 e. The fourth-order valence-electron chi connectivity index (χ4n) is 9.51. The number of unbranched alkanes of at least 4 members (excludes halogenated alkanes) is 3. The van der Waals surface area contributed by atoms with E-state index in [9.17, 15) is 5.11 Å². The summed E-state index contributed by atoms with van der Waals surface area (Å²) < 4.78 is 10.9. The third-order valence-corrected chi connectivity index (χ3v) is 12.2. The van der Waals surface area contributed by atoms with Crippen molar-refractivity contribution in [1.82, 2.24) is 9.13 Å². The van der Waals surface area contributed by atoms with Gasteiger partial charge in [-0.3, -0.25) is 0 Å². The largest absolute Gasteiger partial charge is 0.497 e. The van der Waals surface area contributed by atoms with Crippen molar-refractivity contribution in [3.63, 3.8) is 0 Å². The Labute approximate surface area is 357 Å². The average Bonchev–Trinajstić information content (AvgIpc) is 3.84. The molecule has 10 aromatic rings. The molecule has 2 aromatic heterocycles. The number of nitrogens with zero attached hydrogens (tertiary/aromatic N) is 3. The summed E-state index contributed by atoms with van der Waals surface area (Å²) in [5.41, 5.74) is 14.6. The van der Waals surface area contributed by atoms with E-state index in [1.165, 1.54) is 33.7 Å². The van der Waals surface area contributed by atoms with E-state index < -0.39 is 0 Å². The highest BCUT2D eigenvalue weighted by Gasteiger charge is 2.29. The molecule has 0 atom stereocenters. The number of aromatic nitrogens is 2. The molecule has 0 radical (unpaired) electrons. The highest BCUT2D eigenvalue weighted by molar-refractivity contribution is 6.30. The maximum Gasteiger partial charge on any atom is 0.119 e. The third-order valence-electron chi connectivity index (χ3n) is 12.2. The quantitative estimate of drug-likeness (QED) is 0.118. The Morgan fingerprint density at radius 2 is 1.08 bits per heavy atom. The van der Waals surface area contributed by atoms with Crippen LogP contribution in [-0.4, -0.2) is 21.4 Å². The number of aryl methyl sites for hydroxylation is 1. The second-order valence-electron chi connectivity index (χ2n) is 15.9. The molecule has 0 unspecified atom stereocenters. The predicted octanol–water partition coefficient (Wildman–Crippen LogP) is 14.6. The number of methoxy groups -OCH3 is 1. The zero-order valence-electron chi connectivity index (χ0n) is 34.8. The van der Waals surface area contributed by atoms with E-state index in [4.69, 9.17) is 4.74 Å². The Morgan fingerprint density at radius 1 is 0.525 bits per heavy atom. The zero-order valence-corrected chi connectivity index (χ0v) is 34.8. The van der Waals surface area contributed by atoms with Gasteiger partial charge in [-0.2, -0.15) is 0 Å². The average molecular weight is 796 g/mol. The van der Waals surface area contributed by atoms with Gasteiger partial charge in [-0.25, -0.2) is 0 Å². The van der Waals surface area contributed by atoms with Crippen molar-refractivity contribution >= 4 is 60.7 Å². The molecule has 5 nitrogen and oxygen atoms in total. The van der Waals surface area contributed by atoms with Crippen LogP contribution >= 0.6 is 0 Å². The number of aliphatic hydroxyl groups is 1. The first-order valence-corrected chi connectivity index (χ1v) is 21.5. The summed E-state index contributed by atoms with van der Waals surface area (Å²) in [6.07, 6.45) is 5.45. The van der Waals surface area contributed by atoms with E-state index in [-0.39, 0.29) is 6.61 Å². The van der Waals surface area contributed by atoms with Crippen LogP contribution in [0.4, 0.5) is 17.1 Å². The molecule has 5 heteroatoms. The van der Waals surface area contributed by atoms with Crippen LogP contribution in [0.5, 0.6) is 5.75 Å². The lowest BCUT2D eigenvalue weighted by molar-refractivity contribution is 0.282. The van der Waals surface area contributed by atoms with Crippen LogP contribution in [0.15, 0.2) is 182 Å². The van der Waals surface area contributed by atoms with Crippen LogP contribution < -0.4 is 9.64 Å². The minimum atomic E-state index is -0.0436. The molecule has 2 heterocycles. The Morgan fingerprint density at radius 3 is 1.67 bits per heavy atom. The number of rotatable bonds is 13. The Balaban J connectivity index is 1.43. The first-order chi connectivity index (χ1) is 30.2. The standard InChI is InChI=1S/C56H49N3O2/c1-3-4-5-18-30-47-52(40-20-19-29-45(36-40)57(41-21-10-6-11-22-41)42-23-12-7-13-24-42)54-48-35-39(38-60)31-33-50(48)59(44-27-16-9-17-28-44)56(54)55-53(47)49-37-46(61-2)32-34-51(49)58(55)43-25-14-8-15-26-43/h6-17,19-29,31-37,60H,3-5,18,30,38H2,1-2H3. The van der Waals surface area contributed by atoms with Crippen LogP contribution in [-0.2, 0) is 13.0 Å². The lowest BCUT2D eigenvalue weighted by Gasteiger charge is -2.26. The van der Waals surface area contributed by atoms with Gasteiger partial charge >= 0.3 is 0 Å². The SMILES string of the molecule is CCCCCCc1c(-c2cccc(N(c3ccccc3)c3ccccc3)c2)c2c3cc(CO)ccc3n(-c3ccccc3)c2c2c1c1cc(OC)ccc1n2-c1ccccc1. The zero-order chi connectivity index (χ0) is 41.3. The maximum atomic E-state index is 10.7. The monoisotopic (exact) mass is 795 g/mol. The molecule has 0 spiro atoms. The van der Waals surface area contributed by atoms with E-state index in [0.717, 1.165) is 98.4 Å². The summed E-state index contributed by atoms with van der Waals surface area (Å²) in [5.74, 6) is 0.831. The van der Waals surface area contributed by atoms with Gasteiger partial charge in [-0.05, 0) is 126 Å². The van der Waals surface area contributed by atoms with E-state index in [1.54, 1.807) is 7.11 Å². The van der Waals surface area contributed by atoms with Crippen molar-refractivity contribution in [1.29, 1.82) is 0 Å². The van der Waals surface area contributed by atoms with Gasteiger partial charge in [0.25, 0.3) is 0 Å². The van der Waals surface area contributed by atoms with E-state index in [2.05, 4.69) is 203 Å². The molecule has 0 amide bonds. The molecule has 8 aromatic carbocycles. The molecular weight excluding hydrogens is 747 g/mol. The lowest BCUT2D eigenvalue weighted by Crippen LogP contribution is -2.09. The van der Waals surface area contributed by atoms with Crippen LogP contribution in [0, 0.1) is 0 Å². The second kappa shape index (κ2) is 16.5. The van der Waals surface area contributed by atoms with Gasteiger partial charge in [0, 0.05) is 50.0 Å². The van der Waals surface area contributed by atoms with Crippen LogP contribution in [0.25, 0.3) is 66.1 Å². The number of aliphatic hydroxyl groups excluding tert-OH is 1. The van der Waals surface area contributed by atoms with Gasteiger partial charge in [0.1, 0.15) is 5.75 Å². The summed E-state index contributed by atoms with van der Waals surface area (Å²) in [6.45, 7) is 2.24. The number of ether oxygens (including phenoxy) is 1. The predicted molar refractivity (Wildman–Crippen MR) is 256 cm³/mol. The molecule has 0 fully saturated rings. The summed E-state index contributed by atoms with van der Waals surface area (Å²) >= 11 is 0. The minimum Gasteiger partial charge on any atom is -0.497 e. The van der Waals surface area contributed by atoms with Crippen LogP contribution in [0.3, 0.4) is 0 Å².